The minimum absolute atomic E-state index is 0.0434. The topological polar surface area (TPSA) is 69.6 Å². The van der Waals surface area contributed by atoms with Gasteiger partial charge >= 0.3 is 0 Å². The number of hydrogen-bond acceptors (Lipinski definition) is 3. The molecule has 21 heavy (non-hydrogen) atoms. The van der Waals surface area contributed by atoms with E-state index >= 15 is 0 Å². The lowest BCUT2D eigenvalue weighted by atomic mass is 9.91. The van der Waals surface area contributed by atoms with Crippen LogP contribution in [0, 0.1) is 6.92 Å². The Kier molecular flexibility index (Phi) is 3.14. The fourth-order valence-electron chi connectivity index (χ4n) is 2.39. The van der Waals surface area contributed by atoms with Crippen molar-refractivity contribution in [1.29, 1.82) is 0 Å². The number of aryl methyl sites for hydroxylation is 1. The molecule has 0 spiro atoms. The normalized spacial score (nSPS) is 13.2. The number of fused-ring (bicyclic) bond motifs is 2. The van der Waals surface area contributed by atoms with E-state index < -0.39 is 0 Å². The summed E-state index contributed by atoms with van der Waals surface area (Å²) in [6.45, 7) is 1.97. The van der Waals surface area contributed by atoms with Crippen molar-refractivity contribution in [3.05, 3.63) is 64.7 Å². The predicted octanol–water partition coefficient (Wildman–Crippen LogP) is 3.16. The molecule has 0 unspecified atom stereocenters. The molecule has 0 heterocycles. The standard InChI is InChI=1S/C17H15NO3/c1-10-5-7-12(8-6-10)18-17(21)14-9-11-3-2-4-13(15(11)19)16(14)20/h2-8,19-20H,9H2,1H3,(H,18,21). The van der Waals surface area contributed by atoms with Crippen LogP contribution in [0.2, 0.25) is 0 Å². The number of carbonyl (C=O) groups is 1. The minimum atomic E-state index is -0.359. The van der Waals surface area contributed by atoms with Crippen LogP contribution in [-0.2, 0) is 11.2 Å². The molecule has 4 nitrogen and oxygen atoms in total. The molecule has 2 aromatic carbocycles. The molecule has 0 aromatic heterocycles. The van der Waals surface area contributed by atoms with Crippen molar-refractivity contribution in [2.24, 2.45) is 0 Å². The molecule has 0 radical (unpaired) electrons. The molecule has 2 aromatic rings. The summed E-state index contributed by atoms with van der Waals surface area (Å²) in [4.78, 5) is 12.3. The average Bonchev–Trinajstić information content (AvgIpc) is 2.45. The van der Waals surface area contributed by atoms with Crippen LogP contribution < -0.4 is 5.32 Å². The van der Waals surface area contributed by atoms with Crippen LogP contribution in [0.5, 0.6) is 5.75 Å². The Hall–Kier alpha value is -2.75. The van der Waals surface area contributed by atoms with Gasteiger partial charge in [-0.2, -0.15) is 0 Å². The molecule has 0 aliphatic heterocycles. The highest BCUT2D eigenvalue weighted by atomic mass is 16.3. The van der Waals surface area contributed by atoms with Crippen molar-refractivity contribution in [3.8, 4) is 5.75 Å². The molecule has 3 N–H and O–H groups in total. The summed E-state index contributed by atoms with van der Waals surface area (Å²) in [7, 11) is 0. The van der Waals surface area contributed by atoms with Gasteiger partial charge in [-0.05, 0) is 30.7 Å². The van der Waals surface area contributed by atoms with Crippen molar-refractivity contribution in [2.45, 2.75) is 13.3 Å². The van der Waals surface area contributed by atoms with E-state index in [4.69, 9.17) is 0 Å². The number of nitrogens with one attached hydrogen (secondary N) is 1. The first-order valence-electron chi connectivity index (χ1n) is 6.67. The Morgan fingerprint density at radius 1 is 1.10 bits per heavy atom. The number of benzene rings is 2. The second kappa shape index (κ2) is 4.98. The van der Waals surface area contributed by atoms with E-state index in [-0.39, 0.29) is 29.4 Å². The van der Waals surface area contributed by atoms with Crippen molar-refractivity contribution in [1.82, 2.24) is 0 Å². The fraction of sp³-hybridized carbons (Fsp3) is 0.118. The number of hydrogen-bond donors (Lipinski definition) is 3. The van der Waals surface area contributed by atoms with Crippen LogP contribution in [0.4, 0.5) is 5.69 Å². The molecule has 1 amide bonds. The molecule has 0 fully saturated rings. The Balaban J connectivity index is 1.89. The Morgan fingerprint density at radius 3 is 2.52 bits per heavy atom. The van der Waals surface area contributed by atoms with Gasteiger partial charge in [0, 0.05) is 12.1 Å². The number of aliphatic hydroxyl groups is 1. The molecule has 0 atom stereocenters. The van der Waals surface area contributed by atoms with Gasteiger partial charge in [0.25, 0.3) is 5.91 Å². The van der Waals surface area contributed by atoms with E-state index in [9.17, 15) is 15.0 Å². The van der Waals surface area contributed by atoms with Gasteiger partial charge in [0.15, 0.2) is 0 Å². The van der Waals surface area contributed by atoms with E-state index in [0.717, 1.165) is 5.56 Å². The number of phenols is 1. The van der Waals surface area contributed by atoms with Crippen LogP contribution in [0.1, 0.15) is 16.7 Å². The summed E-state index contributed by atoms with van der Waals surface area (Å²) >= 11 is 0. The number of aliphatic hydroxyl groups excluding tert-OH is 1. The number of anilines is 1. The highest BCUT2D eigenvalue weighted by molar-refractivity contribution is 6.09. The number of para-hydroxylation sites is 1. The molecule has 106 valence electrons. The Labute approximate surface area is 122 Å². The number of phenolic OH excluding ortho intramolecular Hbond substituents is 1. The maximum atomic E-state index is 12.3. The summed E-state index contributed by atoms with van der Waals surface area (Å²) in [5.41, 5.74) is 2.98. The molecule has 1 aliphatic rings. The van der Waals surface area contributed by atoms with E-state index in [0.29, 0.717) is 16.8 Å². The molecule has 3 rings (SSSR count). The molecule has 2 bridgehead atoms. The zero-order chi connectivity index (χ0) is 15.0. The van der Waals surface area contributed by atoms with Gasteiger partial charge < -0.3 is 15.5 Å². The molecular weight excluding hydrogens is 266 g/mol. The van der Waals surface area contributed by atoms with E-state index in [2.05, 4.69) is 5.32 Å². The van der Waals surface area contributed by atoms with Gasteiger partial charge in [-0.25, -0.2) is 0 Å². The van der Waals surface area contributed by atoms with Gasteiger partial charge in [0.05, 0.1) is 11.1 Å². The van der Waals surface area contributed by atoms with Gasteiger partial charge in [-0.3, -0.25) is 4.79 Å². The zero-order valence-electron chi connectivity index (χ0n) is 11.6. The lowest BCUT2D eigenvalue weighted by Crippen LogP contribution is -2.19. The maximum absolute atomic E-state index is 12.3. The number of rotatable bonds is 2. The molecular formula is C17H15NO3. The third-order valence-corrected chi connectivity index (χ3v) is 3.61. The minimum Gasteiger partial charge on any atom is -0.507 e. The van der Waals surface area contributed by atoms with Gasteiger partial charge in [0.2, 0.25) is 0 Å². The highest BCUT2D eigenvalue weighted by Crippen LogP contribution is 2.36. The van der Waals surface area contributed by atoms with Crippen LogP contribution in [-0.4, -0.2) is 16.1 Å². The largest absolute Gasteiger partial charge is 0.507 e. The van der Waals surface area contributed by atoms with E-state index in [1.165, 1.54) is 0 Å². The third kappa shape index (κ3) is 2.36. The van der Waals surface area contributed by atoms with E-state index in [1.807, 2.05) is 31.2 Å². The monoisotopic (exact) mass is 281 g/mol. The summed E-state index contributed by atoms with van der Waals surface area (Å²) in [6.07, 6.45) is 0.212. The molecule has 0 saturated carbocycles. The number of carbonyl (C=O) groups excluding carboxylic acids is 1. The summed E-state index contributed by atoms with van der Waals surface area (Å²) < 4.78 is 0. The molecule has 4 heteroatoms. The van der Waals surface area contributed by atoms with Crippen molar-refractivity contribution < 1.29 is 15.0 Å². The zero-order valence-corrected chi connectivity index (χ0v) is 11.6. The van der Waals surface area contributed by atoms with Crippen LogP contribution in [0.15, 0.2) is 48.0 Å². The first kappa shape index (κ1) is 13.2. The molecule has 0 saturated heterocycles. The maximum Gasteiger partial charge on any atom is 0.255 e. The lowest BCUT2D eigenvalue weighted by molar-refractivity contribution is -0.113. The first-order valence-corrected chi connectivity index (χ1v) is 6.67. The third-order valence-electron chi connectivity index (χ3n) is 3.61. The summed E-state index contributed by atoms with van der Waals surface area (Å²) in [5, 5.41) is 22.8. The molecule has 1 aliphatic carbocycles. The lowest BCUT2D eigenvalue weighted by Gasteiger charge is -2.19. The Bertz CT molecular complexity index is 745. The van der Waals surface area contributed by atoms with Crippen LogP contribution in [0.25, 0.3) is 5.76 Å². The highest BCUT2D eigenvalue weighted by Gasteiger charge is 2.26. The quantitative estimate of drug-likeness (QED) is 0.792. The van der Waals surface area contributed by atoms with Crippen LogP contribution in [0.3, 0.4) is 0 Å². The second-order valence-electron chi connectivity index (χ2n) is 5.14. The van der Waals surface area contributed by atoms with Crippen molar-refractivity contribution in [2.75, 3.05) is 5.32 Å². The first-order chi connectivity index (χ1) is 10.1. The second-order valence-corrected chi connectivity index (χ2v) is 5.14. The Morgan fingerprint density at radius 2 is 1.81 bits per heavy atom. The summed E-state index contributed by atoms with van der Waals surface area (Å²) in [5.74, 6) is -0.477. The van der Waals surface area contributed by atoms with Gasteiger partial charge in [-0.1, -0.05) is 29.8 Å². The van der Waals surface area contributed by atoms with E-state index in [1.54, 1.807) is 18.2 Å². The SMILES string of the molecule is Cc1ccc(NC(=O)C2=C(O)c3cccc(c3O)C2)cc1. The predicted molar refractivity (Wildman–Crippen MR) is 81.2 cm³/mol. The van der Waals surface area contributed by atoms with Crippen molar-refractivity contribution >= 4 is 17.4 Å². The van der Waals surface area contributed by atoms with Crippen LogP contribution >= 0.6 is 0 Å². The smallest absolute Gasteiger partial charge is 0.255 e. The van der Waals surface area contributed by atoms with Gasteiger partial charge in [-0.15, -0.1) is 0 Å². The number of amides is 1. The van der Waals surface area contributed by atoms with Crippen molar-refractivity contribution in [3.63, 3.8) is 0 Å². The summed E-state index contributed by atoms with van der Waals surface area (Å²) in [6, 6.07) is 12.5. The van der Waals surface area contributed by atoms with Gasteiger partial charge in [0.1, 0.15) is 11.5 Å². The number of aromatic hydroxyl groups is 1. The fourth-order valence-corrected chi connectivity index (χ4v) is 2.39. The average molecular weight is 281 g/mol.